The van der Waals surface area contributed by atoms with Gasteiger partial charge < -0.3 is 5.32 Å². The predicted octanol–water partition coefficient (Wildman–Crippen LogP) is 4.42. The second kappa shape index (κ2) is 10.4. The summed E-state index contributed by atoms with van der Waals surface area (Å²) in [4.78, 5) is 15.9. The van der Waals surface area contributed by atoms with E-state index < -0.39 is 0 Å². The fraction of sp³-hybridized carbons (Fsp3) is 0.409. The third-order valence-electron chi connectivity index (χ3n) is 5.43. The average molecular weight is 460 g/mol. The number of rotatable bonds is 8. The van der Waals surface area contributed by atoms with Crippen molar-refractivity contribution < 1.29 is 9.18 Å². The smallest absolute Gasteiger partial charge is 0.230 e. The number of hydrogen-bond donors (Lipinski definition) is 1. The Balaban J connectivity index is 1.51. The Labute approximate surface area is 189 Å². The molecule has 0 radical (unpaired) electrons. The summed E-state index contributed by atoms with van der Waals surface area (Å²) in [6, 6.07) is 10.4. The molecule has 0 saturated carbocycles. The SMILES string of the molecule is C[C@H](c1nnc(SCC(=O)NCc2cccs2)n1-c1ccc(F)cc1)N1CCCCC1. The Morgan fingerprint density at radius 3 is 2.68 bits per heavy atom. The Bertz CT molecular complexity index is 984. The number of thioether (sulfide) groups is 1. The van der Waals surface area contributed by atoms with Crippen molar-refractivity contribution in [3.05, 3.63) is 58.3 Å². The molecule has 1 aliphatic rings. The van der Waals surface area contributed by atoms with Gasteiger partial charge in [-0.3, -0.25) is 14.3 Å². The van der Waals surface area contributed by atoms with Crippen LogP contribution in [0, 0.1) is 5.82 Å². The van der Waals surface area contributed by atoms with Crippen molar-refractivity contribution in [1.29, 1.82) is 0 Å². The lowest BCUT2D eigenvalue weighted by atomic mass is 10.1. The number of halogens is 1. The molecule has 3 heterocycles. The normalized spacial score (nSPS) is 15.7. The van der Waals surface area contributed by atoms with Gasteiger partial charge in [0.05, 0.1) is 18.3 Å². The number of piperidine rings is 1. The lowest BCUT2D eigenvalue weighted by Gasteiger charge is -2.31. The molecule has 4 rings (SSSR count). The van der Waals surface area contributed by atoms with Crippen LogP contribution in [-0.2, 0) is 11.3 Å². The van der Waals surface area contributed by atoms with Crippen LogP contribution in [0.3, 0.4) is 0 Å². The number of thiophene rings is 1. The molecule has 1 aromatic carbocycles. The summed E-state index contributed by atoms with van der Waals surface area (Å²) < 4.78 is 15.5. The molecule has 0 aliphatic carbocycles. The van der Waals surface area contributed by atoms with E-state index in [1.165, 1.54) is 43.2 Å². The van der Waals surface area contributed by atoms with Crippen LogP contribution in [0.4, 0.5) is 4.39 Å². The summed E-state index contributed by atoms with van der Waals surface area (Å²) in [5.41, 5.74) is 0.798. The average Bonchev–Trinajstić information content (AvgIpc) is 3.47. The summed E-state index contributed by atoms with van der Waals surface area (Å²) in [5.74, 6) is 0.709. The summed E-state index contributed by atoms with van der Waals surface area (Å²) in [6.45, 7) is 4.73. The Morgan fingerprint density at radius 2 is 1.97 bits per heavy atom. The minimum absolute atomic E-state index is 0.0577. The largest absolute Gasteiger partial charge is 0.350 e. The molecule has 1 saturated heterocycles. The number of carbonyl (C=O) groups excluding carboxylic acids is 1. The Kier molecular flexibility index (Phi) is 7.37. The number of likely N-dealkylation sites (tertiary alicyclic amines) is 1. The van der Waals surface area contributed by atoms with Crippen molar-refractivity contribution in [1.82, 2.24) is 25.0 Å². The predicted molar refractivity (Wildman–Crippen MR) is 122 cm³/mol. The van der Waals surface area contributed by atoms with Gasteiger partial charge in [0.25, 0.3) is 0 Å². The standard InChI is InChI=1S/C22H26FN5OS2/c1-16(27-11-3-2-4-12-27)21-25-26-22(28(21)18-9-7-17(23)8-10-18)31-15-20(29)24-14-19-6-5-13-30-19/h5-10,13,16H,2-4,11-12,14-15H2,1H3,(H,24,29)/t16-/m1/s1. The molecule has 2 aromatic heterocycles. The van der Waals surface area contributed by atoms with Crippen molar-refractivity contribution >= 4 is 29.0 Å². The first-order valence-corrected chi connectivity index (χ1v) is 12.4. The maximum absolute atomic E-state index is 13.5. The van der Waals surface area contributed by atoms with Gasteiger partial charge in [-0.25, -0.2) is 4.39 Å². The molecular formula is C22H26FN5OS2. The fourth-order valence-corrected chi connectivity index (χ4v) is 5.16. The van der Waals surface area contributed by atoms with Gasteiger partial charge >= 0.3 is 0 Å². The van der Waals surface area contributed by atoms with Crippen molar-refractivity contribution in [2.75, 3.05) is 18.8 Å². The highest BCUT2D eigenvalue weighted by atomic mass is 32.2. The quantitative estimate of drug-likeness (QED) is 0.505. The van der Waals surface area contributed by atoms with Crippen molar-refractivity contribution in [2.24, 2.45) is 0 Å². The number of benzene rings is 1. The van der Waals surface area contributed by atoms with Crippen molar-refractivity contribution in [2.45, 2.75) is 43.9 Å². The van der Waals surface area contributed by atoms with E-state index in [4.69, 9.17) is 0 Å². The van der Waals surface area contributed by atoms with Crippen LogP contribution < -0.4 is 5.32 Å². The van der Waals surface area contributed by atoms with Crippen LogP contribution in [0.2, 0.25) is 0 Å². The third kappa shape index (κ3) is 5.53. The van der Waals surface area contributed by atoms with Gasteiger partial charge in [0.1, 0.15) is 5.82 Å². The molecule has 6 nitrogen and oxygen atoms in total. The Hall–Kier alpha value is -2.23. The minimum atomic E-state index is -0.287. The molecule has 1 fully saturated rings. The topological polar surface area (TPSA) is 63.1 Å². The van der Waals surface area contributed by atoms with Crippen LogP contribution in [0.25, 0.3) is 5.69 Å². The summed E-state index contributed by atoms with van der Waals surface area (Å²) >= 11 is 2.96. The third-order valence-corrected chi connectivity index (χ3v) is 7.23. The zero-order chi connectivity index (χ0) is 21.6. The highest BCUT2D eigenvalue weighted by Gasteiger charge is 2.25. The van der Waals surface area contributed by atoms with Crippen molar-refractivity contribution in [3.63, 3.8) is 0 Å². The first kappa shape index (κ1) is 22.0. The molecule has 1 amide bonds. The number of hydrogen-bond acceptors (Lipinski definition) is 6. The zero-order valence-corrected chi connectivity index (χ0v) is 19.1. The molecule has 0 unspecified atom stereocenters. The van der Waals surface area contributed by atoms with Gasteiger partial charge in [0.2, 0.25) is 5.91 Å². The number of carbonyl (C=O) groups is 1. The van der Waals surface area contributed by atoms with Crippen LogP contribution in [0.5, 0.6) is 0 Å². The van der Waals surface area contributed by atoms with Crippen molar-refractivity contribution in [3.8, 4) is 5.69 Å². The molecule has 3 aromatic rings. The monoisotopic (exact) mass is 459 g/mol. The van der Waals surface area contributed by atoms with E-state index in [-0.39, 0.29) is 23.5 Å². The van der Waals surface area contributed by atoms with E-state index in [1.807, 2.05) is 22.1 Å². The van der Waals surface area contributed by atoms with E-state index in [1.54, 1.807) is 23.5 Å². The van der Waals surface area contributed by atoms with Gasteiger partial charge in [-0.2, -0.15) is 0 Å². The molecule has 164 valence electrons. The first-order valence-electron chi connectivity index (χ1n) is 10.5. The second-order valence-electron chi connectivity index (χ2n) is 7.57. The second-order valence-corrected chi connectivity index (χ2v) is 9.54. The zero-order valence-electron chi connectivity index (χ0n) is 17.5. The Morgan fingerprint density at radius 1 is 1.19 bits per heavy atom. The molecule has 1 atom stereocenters. The molecule has 1 aliphatic heterocycles. The maximum Gasteiger partial charge on any atom is 0.230 e. The van der Waals surface area contributed by atoms with Gasteiger partial charge in [-0.05, 0) is 68.6 Å². The van der Waals surface area contributed by atoms with Gasteiger partial charge in [-0.15, -0.1) is 21.5 Å². The number of aromatic nitrogens is 3. The lowest BCUT2D eigenvalue weighted by Crippen LogP contribution is -2.33. The van der Waals surface area contributed by atoms with E-state index in [0.717, 1.165) is 29.5 Å². The molecule has 0 bridgehead atoms. The highest BCUT2D eigenvalue weighted by molar-refractivity contribution is 7.99. The minimum Gasteiger partial charge on any atom is -0.350 e. The van der Waals surface area contributed by atoms with Gasteiger partial charge in [0, 0.05) is 10.6 Å². The molecule has 0 spiro atoms. The van der Waals surface area contributed by atoms with Crippen LogP contribution in [0.15, 0.2) is 46.9 Å². The molecule has 31 heavy (non-hydrogen) atoms. The maximum atomic E-state index is 13.5. The lowest BCUT2D eigenvalue weighted by molar-refractivity contribution is -0.118. The summed E-state index contributed by atoms with van der Waals surface area (Å²) in [5, 5.41) is 14.4. The first-order chi connectivity index (χ1) is 15.1. The van der Waals surface area contributed by atoms with E-state index >= 15 is 0 Å². The van der Waals surface area contributed by atoms with Gasteiger partial charge in [0.15, 0.2) is 11.0 Å². The van der Waals surface area contributed by atoms with Crippen LogP contribution in [-0.4, -0.2) is 44.4 Å². The fourth-order valence-electron chi connectivity index (χ4n) is 3.73. The van der Waals surface area contributed by atoms with Gasteiger partial charge in [-0.1, -0.05) is 24.2 Å². The number of nitrogens with zero attached hydrogens (tertiary/aromatic N) is 4. The molecule has 9 heteroatoms. The highest BCUT2D eigenvalue weighted by Crippen LogP contribution is 2.29. The van der Waals surface area contributed by atoms with E-state index in [0.29, 0.717) is 11.7 Å². The molecular weight excluding hydrogens is 433 g/mol. The van der Waals surface area contributed by atoms with Crippen LogP contribution in [0.1, 0.15) is 42.9 Å². The summed E-state index contributed by atoms with van der Waals surface area (Å²) in [6.07, 6.45) is 3.62. The van der Waals surface area contributed by atoms with E-state index in [2.05, 4.69) is 27.3 Å². The number of nitrogens with one attached hydrogen (secondary N) is 1. The van der Waals surface area contributed by atoms with E-state index in [9.17, 15) is 9.18 Å². The molecule has 1 N–H and O–H groups in total. The van der Waals surface area contributed by atoms with Crippen LogP contribution >= 0.6 is 23.1 Å². The summed E-state index contributed by atoms with van der Waals surface area (Å²) in [7, 11) is 0. The number of amides is 1.